The molecule has 1 fully saturated rings. The van der Waals surface area contributed by atoms with Crippen LogP contribution in [0, 0.1) is 0 Å². The van der Waals surface area contributed by atoms with Crippen molar-refractivity contribution in [2.45, 2.75) is 31.1 Å². The van der Waals surface area contributed by atoms with Gasteiger partial charge in [-0.25, -0.2) is 20.1 Å². The number of nitrogens with one attached hydrogen (secondary N) is 1. The molecule has 0 radical (unpaired) electrons. The van der Waals surface area contributed by atoms with Gasteiger partial charge in [-0.1, -0.05) is 18.2 Å². The Balaban J connectivity index is 1.52. The Bertz CT molecular complexity index is 1220. The number of aromatic nitrogens is 4. The molecule has 3 heterocycles. The Morgan fingerprint density at radius 2 is 1.94 bits per heavy atom. The second kappa shape index (κ2) is 8.85. The molecule has 2 aromatic heterocycles. The van der Waals surface area contributed by atoms with Crippen molar-refractivity contribution in [3.8, 4) is 0 Å². The highest BCUT2D eigenvalue weighted by Gasteiger charge is 2.45. The van der Waals surface area contributed by atoms with Crippen molar-refractivity contribution in [2.75, 3.05) is 6.61 Å². The van der Waals surface area contributed by atoms with E-state index < -0.39 is 41.5 Å². The van der Waals surface area contributed by atoms with Gasteiger partial charge in [-0.3, -0.25) is 13.5 Å². The minimum atomic E-state index is -4.24. The number of aliphatic hydroxyl groups is 2. The summed E-state index contributed by atoms with van der Waals surface area (Å²) in [6.45, 7) is -0.503. The number of nitrogens with zero attached hydrogens (tertiary/aromatic N) is 4. The van der Waals surface area contributed by atoms with Gasteiger partial charge in [-0.05, 0) is 12.1 Å². The van der Waals surface area contributed by atoms with E-state index >= 15 is 0 Å². The summed E-state index contributed by atoms with van der Waals surface area (Å²) in [5.41, 5.74) is 1.57. The maximum absolute atomic E-state index is 12.3. The molecular formula is C18H20N6O7S. The summed E-state index contributed by atoms with van der Waals surface area (Å²) in [5.74, 6) is -0.285. The zero-order valence-electron chi connectivity index (χ0n) is 16.5. The normalized spacial score (nSPS) is 23.5. The van der Waals surface area contributed by atoms with Crippen molar-refractivity contribution >= 4 is 27.4 Å². The lowest BCUT2D eigenvalue weighted by Gasteiger charge is -2.16. The van der Waals surface area contributed by atoms with Crippen LogP contribution in [0.15, 0.2) is 43.0 Å². The van der Waals surface area contributed by atoms with Crippen LogP contribution in [-0.4, -0.2) is 69.0 Å². The lowest BCUT2D eigenvalue weighted by Crippen LogP contribution is -2.35. The van der Waals surface area contributed by atoms with Crippen LogP contribution in [-0.2, 0) is 25.8 Å². The number of amides is 1. The van der Waals surface area contributed by atoms with Crippen LogP contribution in [0.5, 0.6) is 0 Å². The molecule has 1 amide bonds. The number of fused-ring (bicyclic) bond motifs is 1. The summed E-state index contributed by atoms with van der Waals surface area (Å²) >= 11 is 0. The molecule has 1 aliphatic heterocycles. The average molecular weight is 464 g/mol. The van der Waals surface area contributed by atoms with Crippen molar-refractivity contribution < 1.29 is 32.3 Å². The van der Waals surface area contributed by atoms with Crippen LogP contribution in [0.2, 0.25) is 0 Å². The highest BCUT2D eigenvalue weighted by Crippen LogP contribution is 2.32. The van der Waals surface area contributed by atoms with Gasteiger partial charge in [-0.2, -0.15) is 8.42 Å². The first-order valence-electron chi connectivity index (χ1n) is 9.43. The largest absolute Gasteiger partial charge is 0.387 e. The van der Waals surface area contributed by atoms with E-state index in [-0.39, 0.29) is 18.1 Å². The fourth-order valence-electron chi connectivity index (χ4n) is 3.33. The van der Waals surface area contributed by atoms with Crippen molar-refractivity contribution in [3.63, 3.8) is 0 Å². The molecule has 1 aromatic carbocycles. The number of ether oxygens (including phenoxy) is 1. The number of nitrogens with two attached hydrogens (primary N) is 1. The Morgan fingerprint density at radius 1 is 1.19 bits per heavy atom. The Labute approximate surface area is 182 Å². The molecule has 32 heavy (non-hydrogen) atoms. The smallest absolute Gasteiger partial charge is 0.333 e. The summed E-state index contributed by atoms with van der Waals surface area (Å²) < 4.78 is 33.4. The van der Waals surface area contributed by atoms with Crippen molar-refractivity contribution in [1.82, 2.24) is 24.8 Å². The van der Waals surface area contributed by atoms with Gasteiger partial charge in [-0.15, -0.1) is 0 Å². The molecule has 0 aliphatic carbocycles. The van der Waals surface area contributed by atoms with Gasteiger partial charge in [0.05, 0.1) is 25.2 Å². The topological polar surface area (TPSA) is 192 Å². The maximum Gasteiger partial charge on any atom is 0.333 e. The lowest BCUT2D eigenvalue weighted by molar-refractivity contribution is -0.0467. The lowest BCUT2D eigenvalue weighted by atomic mass is 10.1. The summed E-state index contributed by atoms with van der Waals surface area (Å²) in [6, 6.07) is 8.67. The molecule has 0 bridgehead atoms. The van der Waals surface area contributed by atoms with Gasteiger partial charge < -0.3 is 20.3 Å². The standard InChI is InChI=1S/C18H20N6O7S/c19-32(28,29)30-7-12-14(25)15(26)18(31-12)24-9-23-13-11(21-8-22-16(13)24)6-20-17(27)10-4-2-1-3-5-10/h1-5,8-9,12,14-15,18,25-26H,6-7H2,(H,20,27)(H2,19,28,29)/t12-,14-,15-,18-/m1/s1. The van der Waals surface area contributed by atoms with Gasteiger partial charge in [0, 0.05) is 5.56 Å². The molecule has 0 spiro atoms. The van der Waals surface area contributed by atoms with Crippen LogP contribution < -0.4 is 10.5 Å². The second-order valence-electron chi connectivity index (χ2n) is 7.02. The maximum atomic E-state index is 12.3. The number of benzene rings is 1. The minimum absolute atomic E-state index is 0.0747. The predicted octanol–water partition coefficient (Wildman–Crippen LogP) is -1.40. The minimum Gasteiger partial charge on any atom is -0.387 e. The Morgan fingerprint density at radius 3 is 2.66 bits per heavy atom. The zero-order chi connectivity index (χ0) is 22.9. The number of carbonyl (C=O) groups is 1. The van der Waals surface area contributed by atoms with Crippen LogP contribution in [0.1, 0.15) is 22.3 Å². The summed E-state index contributed by atoms with van der Waals surface area (Å²) in [5, 5.41) is 28.1. The fraction of sp³-hybridized carbons (Fsp3) is 0.333. The molecule has 170 valence electrons. The first-order chi connectivity index (χ1) is 15.2. The first kappa shape index (κ1) is 22.2. The number of hydrogen-bond acceptors (Lipinski definition) is 10. The molecule has 4 atom stereocenters. The third-order valence-corrected chi connectivity index (χ3v) is 5.36. The summed E-state index contributed by atoms with van der Waals surface area (Å²) in [7, 11) is -4.24. The van der Waals surface area contributed by atoms with Crippen LogP contribution >= 0.6 is 0 Å². The van der Waals surface area contributed by atoms with Gasteiger partial charge >= 0.3 is 10.3 Å². The third kappa shape index (κ3) is 4.59. The summed E-state index contributed by atoms with van der Waals surface area (Å²) in [4.78, 5) is 24.9. The zero-order valence-corrected chi connectivity index (χ0v) is 17.3. The molecule has 0 unspecified atom stereocenters. The highest BCUT2D eigenvalue weighted by molar-refractivity contribution is 7.84. The number of hydrogen-bond donors (Lipinski definition) is 4. The Hall–Kier alpha value is -3.01. The van der Waals surface area contributed by atoms with Crippen molar-refractivity contribution in [1.29, 1.82) is 0 Å². The molecule has 14 heteroatoms. The molecular weight excluding hydrogens is 444 g/mol. The molecule has 3 aromatic rings. The fourth-order valence-corrected chi connectivity index (χ4v) is 3.65. The molecule has 1 aliphatic rings. The quantitative estimate of drug-likeness (QED) is 0.323. The van der Waals surface area contributed by atoms with E-state index in [4.69, 9.17) is 9.88 Å². The average Bonchev–Trinajstić information content (AvgIpc) is 3.32. The van der Waals surface area contributed by atoms with E-state index in [2.05, 4.69) is 24.5 Å². The highest BCUT2D eigenvalue weighted by atomic mass is 32.2. The van der Waals surface area contributed by atoms with Gasteiger partial charge in [0.15, 0.2) is 11.9 Å². The monoisotopic (exact) mass is 464 g/mol. The number of rotatable bonds is 7. The van der Waals surface area contributed by atoms with Crippen molar-refractivity contribution in [2.24, 2.45) is 5.14 Å². The molecule has 0 saturated carbocycles. The van der Waals surface area contributed by atoms with Gasteiger partial charge in [0.25, 0.3) is 5.91 Å². The molecule has 1 saturated heterocycles. The van der Waals surface area contributed by atoms with Crippen LogP contribution in [0.3, 0.4) is 0 Å². The van der Waals surface area contributed by atoms with E-state index in [0.29, 0.717) is 16.8 Å². The SMILES string of the molecule is NS(=O)(=O)OC[C@H]1O[C@@H](n2cnc3c(CNC(=O)c4ccccc4)ncnc32)[C@H](O)[C@@H]1O. The van der Waals surface area contributed by atoms with E-state index in [1.807, 2.05) is 0 Å². The third-order valence-electron chi connectivity index (χ3n) is 4.89. The Kier molecular flexibility index (Phi) is 6.14. The van der Waals surface area contributed by atoms with E-state index in [0.717, 1.165) is 0 Å². The van der Waals surface area contributed by atoms with Crippen LogP contribution in [0.4, 0.5) is 0 Å². The number of carbonyl (C=O) groups excluding carboxylic acids is 1. The predicted molar refractivity (Wildman–Crippen MR) is 108 cm³/mol. The van der Waals surface area contributed by atoms with E-state index in [1.165, 1.54) is 17.2 Å². The first-order valence-corrected chi connectivity index (χ1v) is 10.9. The number of imidazole rings is 1. The van der Waals surface area contributed by atoms with Gasteiger partial charge in [0.2, 0.25) is 0 Å². The molecule has 13 nitrogen and oxygen atoms in total. The van der Waals surface area contributed by atoms with Crippen molar-refractivity contribution in [3.05, 3.63) is 54.2 Å². The number of aliphatic hydroxyl groups excluding tert-OH is 2. The van der Waals surface area contributed by atoms with E-state index in [1.54, 1.807) is 30.3 Å². The van der Waals surface area contributed by atoms with E-state index in [9.17, 15) is 23.4 Å². The van der Waals surface area contributed by atoms with Crippen LogP contribution in [0.25, 0.3) is 11.2 Å². The van der Waals surface area contributed by atoms with Gasteiger partial charge in [0.1, 0.15) is 30.2 Å². The molecule has 5 N–H and O–H groups in total. The second-order valence-corrected chi connectivity index (χ2v) is 8.24. The summed E-state index contributed by atoms with van der Waals surface area (Å²) in [6.07, 6.45) is -2.53. The molecule has 4 rings (SSSR count).